The number of ether oxygens (including phenoxy) is 3. The van der Waals surface area contributed by atoms with Crippen molar-refractivity contribution in [1.29, 1.82) is 0 Å². The molecule has 1 saturated carbocycles. The molecule has 1 aromatic carbocycles. The highest BCUT2D eigenvalue weighted by Crippen LogP contribution is 2.46. The molecule has 0 saturated heterocycles. The summed E-state index contributed by atoms with van der Waals surface area (Å²) in [5.41, 5.74) is 2.50. The van der Waals surface area contributed by atoms with Crippen LogP contribution < -0.4 is 14.2 Å². The molecule has 2 aliphatic rings. The third-order valence-corrected chi connectivity index (χ3v) is 6.29. The third-order valence-electron chi connectivity index (χ3n) is 4.78. The monoisotopic (exact) mass is 482 g/mol. The number of fused-ring (bicyclic) bond motifs is 1. The van der Waals surface area contributed by atoms with Gasteiger partial charge in [0.15, 0.2) is 17.3 Å². The summed E-state index contributed by atoms with van der Waals surface area (Å²) in [6.45, 7) is 0. The molecular weight excluding hydrogens is 464 g/mol. The minimum absolute atomic E-state index is 0.109. The van der Waals surface area contributed by atoms with Crippen LogP contribution in [0.2, 0.25) is 0 Å². The Kier molecular flexibility index (Phi) is 5.92. The lowest BCUT2D eigenvalue weighted by Gasteiger charge is -2.28. The predicted molar refractivity (Wildman–Crippen MR) is 109 cm³/mol. The molecule has 1 atom stereocenters. The van der Waals surface area contributed by atoms with Gasteiger partial charge < -0.3 is 14.2 Å². The molecule has 2 aliphatic carbocycles. The van der Waals surface area contributed by atoms with Gasteiger partial charge in [-0.3, -0.25) is 4.79 Å². The van der Waals surface area contributed by atoms with Crippen LogP contribution >= 0.6 is 31.9 Å². The number of rotatable bonds is 4. The highest BCUT2D eigenvalue weighted by Gasteiger charge is 2.32. The Balaban J connectivity index is 2.08. The van der Waals surface area contributed by atoms with Crippen molar-refractivity contribution in [3.05, 3.63) is 43.9 Å². The number of halogens is 2. The first kappa shape index (κ1) is 19.2. The van der Waals surface area contributed by atoms with Crippen LogP contribution in [0, 0.1) is 5.92 Å². The molecule has 0 aromatic heterocycles. The number of carbonyl (C=O) groups is 1. The molecule has 0 radical (unpaired) electrons. The Hall–Kier alpha value is -1.53. The van der Waals surface area contributed by atoms with Crippen molar-refractivity contribution in [2.24, 2.45) is 5.92 Å². The molecular formula is C20H20Br2O4. The summed E-state index contributed by atoms with van der Waals surface area (Å²) >= 11 is 7.12. The fourth-order valence-corrected chi connectivity index (χ4v) is 4.74. The maximum absolute atomic E-state index is 13.0. The first-order valence-electron chi connectivity index (χ1n) is 8.31. The van der Waals surface area contributed by atoms with E-state index in [9.17, 15) is 4.79 Å². The molecule has 6 heteroatoms. The zero-order chi connectivity index (χ0) is 18.8. The summed E-state index contributed by atoms with van der Waals surface area (Å²) in [5, 5.41) is 0. The van der Waals surface area contributed by atoms with Crippen molar-refractivity contribution in [3.63, 3.8) is 0 Å². The van der Waals surface area contributed by atoms with E-state index < -0.39 is 0 Å². The number of benzene rings is 1. The smallest absolute Gasteiger partial charge is 0.204 e. The minimum Gasteiger partial charge on any atom is -0.493 e. The SMILES string of the molecule is COc1cc(C=C2CCC3CC=CC(Br)=C3C2=O)c(Br)c(OC)c1OC. The van der Waals surface area contributed by atoms with Crippen LogP contribution in [0.3, 0.4) is 0 Å². The minimum atomic E-state index is 0.109. The summed E-state index contributed by atoms with van der Waals surface area (Å²) in [6.07, 6.45) is 8.66. The number of ketones is 1. The molecule has 0 amide bonds. The van der Waals surface area contributed by atoms with Gasteiger partial charge in [0, 0.05) is 15.6 Å². The average Bonchev–Trinajstić information content (AvgIpc) is 2.64. The highest BCUT2D eigenvalue weighted by atomic mass is 79.9. The van der Waals surface area contributed by atoms with E-state index >= 15 is 0 Å². The van der Waals surface area contributed by atoms with Gasteiger partial charge in [0.2, 0.25) is 5.75 Å². The van der Waals surface area contributed by atoms with Crippen molar-refractivity contribution in [2.45, 2.75) is 19.3 Å². The van der Waals surface area contributed by atoms with Crippen LogP contribution in [-0.2, 0) is 4.79 Å². The summed E-state index contributed by atoms with van der Waals surface area (Å²) in [7, 11) is 4.72. The molecule has 0 spiro atoms. The quantitative estimate of drug-likeness (QED) is 0.534. The van der Waals surface area contributed by atoms with Crippen molar-refractivity contribution >= 4 is 43.7 Å². The van der Waals surface area contributed by atoms with Crippen LogP contribution in [0.4, 0.5) is 0 Å². The standard InChI is InChI=1S/C20H20Br2O4/c1-24-15-10-13(17(22)20(26-3)19(15)25-2)9-12-8-7-11-5-4-6-14(21)16(11)18(12)23/h4,6,9-11H,5,7-8H2,1-3H3. The topological polar surface area (TPSA) is 44.8 Å². The maximum Gasteiger partial charge on any atom is 0.204 e. The van der Waals surface area contributed by atoms with Gasteiger partial charge in [0.25, 0.3) is 0 Å². The second kappa shape index (κ2) is 8.01. The number of allylic oxidation sites excluding steroid dienone is 5. The van der Waals surface area contributed by atoms with Crippen molar-refractivity contribution in [1.82, 2.24) is 0 Å². The van der Waals surface area contributed by atoms with Gasteiger partial charge in [-0.25, -0.2) is 0 Å². The van der Waals surface area contributed by atoms with Crippen LogP contribution in [0.1, 0.15) is 24.8 Å². The van der Waals surface area contributed by atoms with Gasteiger partial charge in [-0.05, 0) is 58.8 Å². The van der Waals surface area contributed by atoms with E-state index in [0.717, 1.165) is 44.9 Å². The second-order valence-electron chi connectivity index (χ2n) is 6.18. The van der Waals surface area contributed by atoms with Crippen molar-refractivity contribution < 1.29 is 19.0 Å². The molecule has 0 heterocycles. The zero-order valence-corrected chi connectivity index (χ0v) is 18.1. The number of carbonyl (C=O) groups excluding carboxylic acids is 1. The lowest BCUT2D eigenvalue weighted by atomic mass is 9.76. The van der Waals surface area contributed by atoms with Gasteiger partial charge in [-0.1, -0.05) is 28.1 Å². The first-order valence-corrected chi connectivity index (χ1v) is 9.90. The average molecular weight is 484 g/mol. The fraction of sp³-hybridized carbons (Fsp3) is 0.350. The Bertz CT molecular complexity index is 837. The van der Waals surface area contributed by atoms with E-state index in [0.29, 0.717) is 23.2 Å². The predicted octanol–water partition coefficient (Wildman–Crippen LogP) is 5.45. The molecule has 26 heavy (non-hydrogen) atoms. The largest absolute Gasteiger partial charge is 0.493 e. The van der Waals surface area contributed by atoms with Crippen LogP contribution in [-0.4, -0.2) is 27.1 Å². The summed E-state index contributed by atoms with van der Waals surface area (Å²) in [5.74, 6) is 2.03. The molecule has 0 N–H and O–H groups in total. The number of hydrogen-bond donors (Lipinski definition) is 0. The Morgan fingerprint density at radius 2 is 1.85 bits per heavy atom. The summed E-state index contributed by atoms with van der Waals surface area (Å²) in [4.78, 5) is 13.0. The Labute approximate surface area is 170 Å². The fourth-order valence-electron chi connectivity index (χ4n) is 3.48. The molecule has 1 unspecified atom stereocenters. The lowest BCUT2D eigenvalue weighted by Crippen LogP contribution is -2.23. The van der Waals surface area contributed by atoms with Crippen LogP contribution in [0.5, 0.6) is 17.2 Å². The lowest BCUT2D eigenvalue weighted by molar-refractivity contribution is -0.113. The molecule has 138 valence electrons. The number of hydrogen-bond acceptors (Lipinski definition) is 4. The van der Waals surface area contributed by atoms with Gasteiger partial charge in [-0.2, -0.15) is 0 Å². The first-order chi connectivity index (χ1) is 12.5. The summed E-state index contributed by atoms with van der Waals surface area (Å²) < 4.78 is 17.9. The van der Waals surface area contributed by atoms with Crippen LogP contribution in [0.15, 0.2) is 38.3 Å². The van der Waals surface area contributed by atoms with Gasteiger partial charge in [0.05, 0.1) is 25.8 Å². The van der Waals surface area contributed by atoms with E-state index in [1.165, 1.54) is 0 Å². The van der Waals surface area contributed by atoms with Crippen molar-refractivity contribution in [3.8, 4) is 17.2 Å². The zero-order valence-electron chi connectivity index (χ0n) is 14.9. The Morgan fingerprint density at radius 1 is 1.12 bits per heavy atom. The molecule has 0 bridgehead atoms. The van der Waals surface area contributed by atoms with Gasteiger partial charge in [-0.15, -0.1) is 0 Å². The highest BCUT2D eigenvalue weighted by molar-refractivity contribution is 9.12. The number of methoxy groups -OCH3 is 3. The van der Waals surface area contributed by atoms with Gasteiger partial charge >= 0.3 is 0 Å². The maximum atomic E-state index is 13.0. The summed E-state index contributed by atoms with van der Waals surface area (Å²) in [6, 6.07) is 1.85. The van der Waals surface area contributed by atoms with E-state index in [1.807, 2.05) is 18.2 Å². The normalized spacial score (nSPS) is 21.0. The van der Waals surface area contributed by atoms with E-state index in [4.69, 9.17) is 14.2 Å². The van der Waals surface area contributed by atoms with E-state index in [-0.39, 0.29) is 5.78 Å². The van der Waals surface area contributed by atoms with E-state index in [1.54, 1.807) is 21.3 Å². The molecule has 1 fully saturated rings. The molecule has 4 nitrogen and oxygen atoms in total. The molecule has 3 rings (SSSR count). The third kappa shape index (κ3) is 3.37. The van der Waals surface area contributed by atoms with Crippen LogP contribution in [0.25, 0.3) is 6.08 Å². The van der Waals surface area contributed by atoms with Crippen molar-refractivity contribution in [2.75, 3.05) is 21.3 Å². The Morgan fingerprint density at radius 3 is 2.50 bits per heavy atom. The molecule has 0 aliphatic heterocycles. The second-order valence-corrected chi connectivity index (χ2v) is 7.83. The van der Waals surface area contributed by atoms with Gasteiger partial charge in [0.1, 0.15) is 0 Å². The van der Waals surface area contributed by atoms with E-state index in [2.05, 4.69) is 37.9 Å². The number of Topliss-reactive ketones (excluding diaryl/α,β-unsaturated/α-hetero) is 1. The molecule has 1 aromatic rings.